The maximum atomic E-state index is 5.34. The molecule has 1 aliphatic heterocycles. The molecule has 0 spiro atoms. The van der Waals surface area contributed by atoms with Crippen LogP contribution in [0.1, 0.15) is 43.2 Å². The van der Waals surface area contributed by atoms with Crippen molar-refractivity contribution in [2.75, 3.05) is 14.2 Å². The Balaban J connectivity index is 1.95. The number of nitrogens with zero attached hydrogens (tertiary/aromatic N) is 1. The van der Waals surface area contributed by atoms with E-state index in [4.69, 9.17) is 19.5 Å². The van der Waals surface area contributed by atoms with E-state index in [1.807, 2.05) is 6.07 Å². The Morgan fingerprint density at radius 1 is 1.14 bits per heavy atom. The predicted octanol–water partition coefficient (Wildman–Crippen LogP) is 3.68. The summed E-state index contributed by atoms with van der Waals surface area (Å²) >= 11 is 0. The fourth-order valence-electron chi connectivity index (χ4n) is 2.74. The van der Waals surface area contributed by atoms with Gasteiger partial charge in [-0.15, -0.1) is 0 Å². The van der Waals surface area contributed by atoms with Crippen LogP contribution < -0.4 is 0 Å². The van der Waals surface area contributed by atoms with Gasteiger partial charge in [0.2, 0.25) is 0 Å². The van der Waals surface area contributed by atoms with Crippen molar-refractivity contribution in [2.45, 2.75) is 51.2 Å². The number of methoxy groups -OCH3 is 1. The molecule has 4 heteroatoms. The number of ether oxygens (including phenoxy) is 1. The third kappa shape index (κ3) is 5.14. The summed E-state index contributed by atoms with van der Waals surface area (Å²) in [6.45, 7) is 0.490. The molecule has 0 aromatic heterocycles. The molecule has 1 aliphatic rings. The second-order valence-electron chi connectivity index (χ2n) is 5.36. The van der Waals surface area contributed by atoms with Crippen molar-refractivity contribution >= 4 is 5.90 Å². The fourth-order valence-corrected chi connectivity index (χ4v) is 2.74. The Morgan fingerprint density at radius 2 is 1.95 bits per heavy atom. The second kappa shape index (κ2) is 8.80. The maximum absolute atomic E-state index is 5.34. The molecule has 0 saturated carbocycles. The zero-order valence-corrected chi connectivity index (χ0v) is 13.0. The topological polar surface area (TPSA) is 40.0 Å². The van der Waals surface area contributed by atoms with Crippen LogP contribution in [0.2, 0.25) is 0 Å². The maximum Gasteiger partial charge on any atom is 0.183 e. The molecule has 1 heterocycles. The van der Waals surface area contributed by atoms with Crippen LogP contribution in [0, 0.1) is 0 Å². The molecule has 0 aliphatic carbocycles. The van der Waals surface area contributed by atoms with E-state index in [1.54, 1.807) is 7.11 Å². The molecule has 116 valence electrons. The smallest absolute Gasteiger partial charge is 0.183 e. The van der Waals surface area contributed by atoms with E-state index in [2.05, 4.69) is 18.2 Å². The standard InChI is InChI=1S/C17H25NO3/c1-19-17-10-6-5-9-16(18-17)12-11-14-7-3-4-8-15(14)13-21-20-2/h3-4,7-8,16H,5-6,9-13H2,1-2H3. The molecule has 0 N–H and O–H groups in total. The molecule has 1 aromatic carbocycles. The van der Waals surface area contributed by atoms with Gasteiger partial charge in [0.15, 0.2) is 5.90 Å². The van der Waals surface area contributed by atoms with Gasteiger partial charge >= 0.3 is 0 Å². The van der Waals surface area contributed by atoms with Gasteiger partial charge in [-0.1, -0.05) is 30.7 Å². The van der Waals surface area contributed by atoms with Crippen molar-refractivity contribution in [3.05, 3.63) is 35.4 Å². The van der Waals surface area contributed by atoms with Crippen molar-refractivity contribution in [2.24, 2.45) is 4.99 Å². The zero-order valence-electron chi connectivity index (χ0n) is 13.0. The quantitative estimate of drug-likeness (QED) is 0.593. The molecule has 0 amide bonds. The summed E-state index contributed by atoms with van der Waals surface area (Å²) in [5, 5.41) is 0. The van der Waals surface area contributed by atoms with Crippen molar-refractivity contribution in [1.82, 2.24) is 0 Å². The van der Waals surface area contributed by atoms with Gasteiger partial charge in [0.05, 0.1) is 20.3 Å². The van der Waals surface area contributed by atoms with Crippen LogP contribution in [0.4, 0.5) is 0 Å². The van der Waals surface area contributed by atoms with Gasteiger partial charge in [-0.25, -0.2) is 9.78 Å². The molecule has 0 saturated heterocycles. The molecular weight excluding hydrogens is 266 g/mol. The van der Waals surface area contributed by atoms with E-state index in [0.29, 0.717) is 12.6 Å². The molecule has 1 atom stereocenters. The first-order chi connectivity index (χ1) is 10.3. The van der Waals surface area contributed by atoms with Gasteiger partial charge in [0.25, 0.3) is 0 Å². The van der Waals surface area contributed by atoms with Gasteiger partial charge < -0.3 is 4.74 Å². The summed E-state index contributed by atoms with van der Waals surface area (Å²) in [7, 11) is 3.26. The Bertz CT molecular complexity index is 459. The number of aliphatic imine (C=N–C) groups is 1. The lowest BCUT2D eigenvalue weighted by atomic mass is 9.98. The molecule has 1 unspecified atom stereocenters. The molecule has 21 heavy (non-hydrogen) atoms. The summed E-state index contributed by atoms with van der Waals surface area (Å²) in [5.74, 6) is 0.911. The third-order valence-corrected chi connectivity index (χ3v) is 3.94. The first kappa shape index (κ1) is 16.0. The molecule has 0 radical (unpaired) electrons. The second-order valence-corrected chi connectivity index (χ2v) is 5.36. The SMILES string of the molecule is COOCc1ccccc1CCC1CCCCC(OC)=N1. The van der Waals surface area contributed by atoms with Crippen LogP contribution in [0.3, 0.4) is 0 Å². The lowest BCUT2D eigenvalue weighted by molar-refractivity contribution is -0.282. The van der Waals surface area contributed by atoms with Crippen molar-refractivity contribution in [1.29, 1.82) is 0 Å². The largest absolute Gasteiger partial charge is 0.484 e. The van der Waals surface area contributed by atoms with Crippen LogP contribution >= 0.6 is 0 Å². The number of hydrogen-bond acceptors (Lipinski definition) is 4. The minimum Gasteiger partial charge on any atom is -0.484 e. The summed E-state index contributed by atoms with van der Waals surface area (Å²) in [6.07, 6.45) is 6.61. The van der Waals surface area contributed by atoms with Gasteiger partial charge in [-0.2, -0.15) is 0 Å². The predicted molar refractivity (Wildman–Crippen MR) is 83.3 cm³/mol. The summed E-state index contributed by atoms with van der Waals surface area (Å²) in [6, 6.07) is 8.73. The Kier molecular flexibility index (Phi) is 6.70. The lowest BCUT2D eigenvalue weighted by Crippen LogP contribution is -2.10. The van der Waals surface area contributed by atoms with E-state index in [-0.39, 0.29) is 0 Å². The summed E-state index contributed by atoms with van der Waals surface area (Å²) < 4.78 is 5.34. The highest BCUT2D eigenvalue weighted by atomic mass is 17.2. The number of rotatable bonds is 6. The lowest BCUT2D eigenvalue weighted by Gasteiger charge is -2.13. The highest BCUT2D eigenvalue weighted by molar-refractivity contribution is 5.76. The molecule has 0 bridgehead atoms. The van der Waals surface area contributed by atoms with Gasteiger partial charge in [0, 0.05) is 6.42 Å². The fraction of sp³-hybridized carbons (Fsp3) is 0.588. The van der Waals surface area contributed by atoms with Crippen LogP contribution in [0.5, 0.6) is 0 Å². The van der Waals surface area contributed by atoms with Gasteiger partial charge in [-0.05, 0) is 36.8 Å². The summed E-state index contributed by atoms with van der Waals surface area (Å²) in [4.78, 5) is 14.5. The Morgan fingerprint density at radius 3 is 2.71 bits per heavy atom. The normalized spacial score (nSPS) is 19.0. The van der Waals surface area contributed by atoms with Crippen molar-refractivity contribution < 1.29 is 14.5 Å². The molecular formula is C17H25NO3. The molecule has 2 rings (SSSR count). The highest BCUT2D eigenvalue weighted by Gasteiger charge is 2.14. The Labute approximate surface area is 127 Å². The highest BCUT2D eigenvalue weighted by Crippen LogP contribution is 2.20. The summed E-state index contributed by atoms with van der Waals surface area (Å²) in [5.41, 5.74) is 2.50. The molecule has 1 aromatic rings. The van der Waals surface area contributed by atoms with E-state index in [1.165, 1.54) is 31.1 Å². The minimum atomic E-state index is 0.374. The zero-order chi connectivity index (χ0) is 14.9. The van der Waals surface area contributed by atoms with Crippen molar-refractivity contribution in [3.8, 4) is 0 Å². The van der Waals surface area contributed by atoms with Crippen LogP contribution in [0.25, 0.3) is 0 Å². The first-order valence-electron chi connectivity index (χ1n) is 7.66. The number of benzene rings is 1. The molecule has 0 fully saturated rings. The van der Waals surface area contributed by atoms with Crippen molar-refractivity contribution in [3.63, 3.8) is 0 Å². The average molecular weight is 291 g/mol. The van der Waals surface area contributed by atoms with E-state index >= 15 is 0 Å². The molecule has 4 nitrogen and oxygen atoms in total. The van der Waals surface area contributed by atoms with Crippen LogP contribution in [-0.2, 0) is 27.5 Å². The monoisotopic (exact) mass is 291 g/mol. The minimum absolute atomic E-state index is 0.374. The Hall–Kier alpha value is -1.39. The van der Waals surface area contributed by atoms with Gasteiger partial charge in [0.1, 0.15) is 6.61 Å². The van der Waals surface area contributed by atoms with E-state index in [9.17, 15) is 0 Å². The van der Waals surface area contributed by atoms with E-state index < -0.39 is 0 Å². The van der Waals surface area contributed by atoms with Crippen LogP contribution in [0.15, 0.2) is 29.3 Å². The third-order valence-electron chi connectivity index (χ3n) is 3.94. The van der Waals surface area contributed by atoms with Gasteiger partial charge in [-0.3, -0.25) is 4.99 Å². The van der Waals surface area contributed by atoms with E-state index in [0.717, 1.165) is 31.6 Å². The number of aryl methyl sites for hydroxylation is 1. The number of hydrogen-bond donors (Lipinski definition) is 0. The first-order valence-corrected chi connectivity index (χ1v) is 7.66. The average Bonchev–Trinajstić information content (AvgIpc) is 2.76. The van der Waals surface area contributed by atoms with Crippen LogP contribution in [-0.4, -0.2) is 26.2 Å².